The molecule has 29 heavy (non-hydrogen) atoms. The summed E-state index contributed by atoms with van der Waals surface area (Å²) < 4.78 is 5.57. The third-order valence-corrected chi connectivity index (χ3v) is 6.77. The van der Waals surface area contributed by atoms with Crippen molar-refractivity contribution in [3.05, 3.63) is 52.3 Å². The second kappa shape index (κ2) is 8.34. The van der Waals surface area contributed by atoms with Crippen LogP contribution in [0.25, 0.3) is 11.4 Å². The summed E-state index contributed by atoms with van der Waals surface area (Å²) in [6, 6.07) is 10.1. The number of nitrogens with zero attached hydrogens (tertiary/aromatic N) is 5. The van der Waals surface area contributed by atoms with Gasteiger partial charge in [0.25, 0.3) is 0 Å². The maximum atomic E-state index is 5.57. The molecule has 3 heterocycles. The van der Waals surface area contributed by atoms with Crippen LogP contribution < -0.4 is 0 Å². The van der Waals surface area contributed by atoms with Crippen molar-refractivity contribution in [2.75, 3.05) is 26.2 Å². The molecule has 0 spiro atoms. The van der Waals surface area contributed by atoms with Gasteiger partial charge in [-0.25, -0.2) is 4.98 Å². The molecule has 0 amide bonds. The molecule has 1 aliphatic heterocycles. The summed E-state index contributed by atoms with van der Waals surface area (Å²) in [7, 11) is 0. The molecule has 1 fully saturated rings. The average molecular weight is 412 g/mol. The molecule has 0 N–H and O–H groups in total. The summed E-state index contributed by atoms with van der Waals surface area (Å²) in [6.07, 6.45) is 2.05. The maximum Gasteiger partial charge on any atom is 0.244 e. The monoisotopic (exact) mass is 411 g/mol. The molecule has 0 bridgehead atoms. The number of thiazole rings is 1. The van der Waals surface area contributed by atoms with Crippen molar-refractivity contribution >= 4 is 11.3 Å². The van der Waals surface area contributed by atoms with Gasteiger partial charge in [0.05, 0.1) is 11.0 Å². The normalized spacial score (nSPS) is 17.5. The number of aromatic nitrogens is 3. The van der Waals surface area contributed by atoms with Gasteiger partial charge in [-0.15, -0.1) is 11.3 Å². The maximum absolute atomic E-state index is 5.57. The van der Waals surface area contributed by atoms with Gasteiger partial charge in [0, 0.05) is 54.8 Å². The highest BCUT2D eigenvalue weighted by molar-refractivity contribution is 7.11. The third kappa shape index (κ3) is 4.74. The van der Waals surface area contributed by atoms with Crippen LogP contribution in [0, 0.1) is 0 Å². The fourth-order valence-corrected chi connectivity index (χ4v) is 4.53. The fraction of sp³-hybridized carbons (Fsp3) is 0.500. The lowest BCUT2D eigenvalue weighted by atomic mass is 9.98. The second-order valence-electron chi connectivity index (χ2n) is 8.69. The molecule has 0 radical (unpaired) electrons. The highest BCUT2D eigenvalue weighted by atomic mass is 32.1. The van der Waals surface area contributed by atoms with E-state index in [0.717, 1.165) is 38.3 Å². The molecule has 0 aliphatic carbocycles. The van der Waals surface area contributed by atoms with Crippen LogP contribution in [-0.4, -0.2) is 51.1 Å². The minimum Gasteiger partial charge on any atom is -0.337 e. The smallest absolute Gasteiger partial charge is 0.244 e. The molecule has 0 unspecified atom stereocenters. The first-order chi connectivity index (χ1) is 13.9. The van der Waals surface area contributed by atoms with Gasteiger partial charge in [-0.05, 0) is 6.92 Å². The topological polar surface area (TPSA) is 58.3 Å². The largest absolute Gasteiger partial charge is 0.337 e. The minimum absolute atomic E-state index is 0.123. The lowest BCUT2D eigenvalue weighted by Crippen LogP contribution is -2.46. The molecule has 154 valence electrons. The van der Waals surface area contributed by atoms with Crippen LogP contribution in [0.5, 0.6) is 0 Å². The van der Waals surface area contributed by atoms with Gasteiger partial charge in [0.2, 0.25) is 11.7 Å². The fourth-order valence-electron chi connectivity index (χ4n) is 3.52. The Morgan fingerprint density at radius 2 is 1.83 bits per heavy atom. The average Bonchev–Trinajstić information content (AvgIpc) is 3.38. The molecule has 2 aromatic heterocycles. The van der Waals surface area contributed by atoms with Crippen LogP contribution in [0.15, 0.2) is 41.1 Å². The van der Waals surface area contributed by atoms with Crippen LogP contribution >= 0.6 is 11.3 Å². The Kier molecular flexibility index (Phi) is 5.81. The Balaban J connectivity index is 1.32. The zero-order chi connectivity index (χ0) is 20.4. The lowest BCUT2D eigenvalue weighted by molar-refractivity contribution is 0.0850. The number of piperazine rings is 1. The highest BCUT2D eigenvalue weighted by Gasteiger charge is 2.26. The molecule has 1 saturated heterocycles. The zero-order valence-corrected chi connectivity index (χ0v) is 18.4. The molecule has 6 nitrogen and oxygen atoms in total. The number of rotatable bonds is 5. The Bertz CT molecular complexity index is 922. The Morgan fingerprint density at radius 3 is 2.48 bits per heavy atom. The van der Waals surface area contributed by atoms with E-state index < -0.39 is 0 Å². The van der Waals surface area contributed by atoms with Crippen molar-refractivity contribution in [1.82, 2.24) is 24.9 Å². The molecule has 4 rings (SSSR count). The number of hydrogen-bond acceptors (Lipinski definition) is 7. The summed E-state index contributed by atoms with van der Waals surface area (Å²) >= 11 is 1.84. The predicted octanol–water partition coefficient (Wildman–Crippen LogP) is 4.37. The first-order valence-electron chi connectivity index (χ1n) is 10.2. The van der Waals surface area contributed by atoms with Gasteiger partial charge in [-0.2, -0.15) is 4.98 Å². The van der Waals surface area contributed by atoms with Crippen LogP contribution in [0.1, 0.15) is 49.5 Å². The van der Waals surface area contributed by atoms with E-state index in [-0.39, 0.29) is 11.5 Å². The van der Waals surface area contributed by atoms with E-state index >= 15 is 0 Å². The van der Waals surface area contributed by atoms with E-state index in [1.807, 2.05) is 47.9 Å². The molecule has 7 heteroatoms. The zero-order valence-electron chi connectivity index (χ0n) is 17.6. The molecule has 1 aromatic carbocycles. The van der Waals surface area contributed by atoms with Crippen molar-refractivity contribution in [3.63, 3.8) is 0 Å². The van der Waals surface area contributed by atoms with E-state index in [1.54, 1.807) is 0 Å². The second-order valence-corrected chi connectivity index (χ2v) is 9.81. The summed E-state index contributed by atoms with van der Waals surface area (Å²) in [4.78, 5) is 15.5. The van der Waals surface area contributed by atoms with E-state index in [9.17, 15) is 0 Å². The number of benzene rings is 1. The first-order valence-corrected chi connectivity index (χ1v) is 11.0. The molecular formula is C22H29N5OS. The van der Waals surface area contributed by atoms with Gasteiger partial charge in [-0.1, -0.05) is 56.3 Å². The van der Waals surface area contributed by atoms with Gasteiger partial charge in [0.1, 0.15) is 0 Å². The van der Waals surface area contributed by atoms with E-state index in [0.29, 0.717) is 11.7 Å². The molecule has 1 atom stereocenters. The Morgan fingerprint density at radius 1 is 1.10 bits per heavy atom. The molecule has 3 aromatic rings. The summed E-state index contributed by atoms with van der Waals surface area (Å²) in [5, 5.41) is 5.38. The molecule has 1 aliphatic rings. The van der Waals surface area contributed by atoms with Crippen molar-refractivity contribution in [2.45, 2.75) is 45.7 Å². The molecular weight excluding hydrogens is 382 g/mol. The highest BCUT2D eigenvalue weighted by Crippen LogP contribution is 2.28. The number of hydrogen-bond donors (Lipinski definition) is 0. The lowest BCUT2D eigenvalue weighted by Gasteiger charge is -2.36. The van der Waals surface area contributed by atoms with Crippen molar-refractivity contribution in [3.8, 4) is 11.4 Å². The van der Waals surface area contributed by atoms with Crippen LogP contribution in [0.3, 0.4) is 0 Å². The molecule has 0 saturated carbocycles. The van der Waals surface area contributed by atoms with Crippen molar-refractivity contribution in [1.29, 1.82) is 0 Å². The SMILES string of the molecule is C[C@@H](c1nc(-c2ccccc2)no1)N1CCN(Cc2cnc(C(C)(C)C)s2)CC1. The van der Waals surface area contributed by atoms with E-state index in [1.165, 1.54) is 9.88 Å². The summed E-state index contributed by atoms with van der Waals surface area (Å²) in [5.74, 6) is 1.35. The van der Waals surface area contributed by atoms with Gasteiger partial charge >= 0.3 is 0 Å². The Hall–Kier alpha value is -2.09. The van der Waals surface area contributed by atoms with Crippen LogP contribution in [-0.2, 0) is 12.0 Å². The van der Waals surface area contributed by atoms with E-state index in [2.05, 4.69) is 52.6 Å². The van der Waals surface area contributed by atoms with Crippen molar-refractivity contribution in [2.24, 2.45) is 0 Å². The van der Waals surface area contributed by atoms with Crippen molar-refractivity contribution < 1.29 is 4.52 Å². The third-order valence-electron chi connectivity index (χ3n) is 5.36. The van der Waals surface area contributed by atoms with Crippen LogP contribution in [0.4, 0.5) is 0 Å². The summed E-state index contributed by atoms with van der Waals surface area (Å²) in [5.41, 5.74) is 1.11. The standard InChI is InChI=1S/C22H29N5OS/c1-16(20-24-19(25-28-20)17-8-6-5-7-9-17)27-12-10-26(11-13-27)15-18-14-23-21(29-18)22(2,3)4/h5-9,14,16H,10-13,15H2,1-4H3/t16-/m0/s1. The van der Waals surface area contributed by atoms with Crippen LogP contribution in [0.2, 0.25) is 0 Å². The minimum atomic E-state index is 0.123. The summed E-state index contributed by atoms with van der Waals surface area (Å²) in [6.45, 7) is 13.8. The van der Waals surface area contributed by atoms with Gasteiger partial charge < -0.3 is 4.52 Å². The predicted molar refractivity (Wildman–Crippen MR) is 116 cm³/mol. The van der Waals surface area contributed by atoms with Gasteiger partial charge in [-0.3, -0.25) is 9.80 Å². The quantitative estimate of drug-likeness (QED) is 0.621. The Labute approximate surface area is 176 Å². The first kappa shape index (κ1) is 20.2. The van der Waals surface area contributed by atoms with Gasteiger partial charge in [0.15, 0.2) is 0 Å². The van der Waals surface area contributed by atoms with E-state index in [4.69, 9.17) is 4.52 Å².